The van der Waals surface area contributed by atoms with Crippen LogP contribution in [0.5, 0.6) is 5.75 Å². The number of ether oxygens (including phenoxy) is 3. The molecule has 1 aromatic rings. The van der Waals surface area contributed by atoms with Crippen molar-refractivity contribution < 1.29 is 19.3 Å². The van der Waals surface area contributed by atoms with Gasteiger partial charge in [0.1, 0.15) is 12.4 Å². The molecule has 0 aromatic heterocycles. The summed E-state index contributed by atoms with van der Waals surface area (Å²) in [6.45, 7) is 4.09. The van der Waals surface area contributed by atoms with E-state index in [2.05, 4.69) is 15.9 Å². The fourth-order valence-electron chi connectivity index (χ4n) is 1.60. The van der Waals surface area contributed by atoms with Gasteiger partial charge in [-0.2, -0.15) is 0 Å². The van der Waals surface area contributed by atoms with Gasteiger partial charge in [0, 0.05) is 30.4 Å². The minimum Gasteiger partial charge on any atom is -0.491 e. The second-order valence-electron chi connectivity index (χ2n) is 4.17. The fourth-order valence-corrected chi connectivity index (χ4v) is 1.97. The molecule has 108 valence electrons. The van der Waals surface area contributed by atoms with Gasteiger partial charge in [-0.25, -0.2) is 0 Å². The molecule has 0 saturated heterocycles. The van der Waals surface area contributed by atoms with Crippen molar-refractivity contribution in [1.82, 2.24) is 0 Å². The summed E-state index contributed by atoms with van der Waals surface area (Å²) in [6.07, 6.45) is 0.323. The first kappa shape index (κ1) is 16.4. The van der Waals surface area contributed by atoms with Gasteiger partial charge in [-0.3, -0.25) is 0 Å². The number of hydrogen-bond donors (Lipinski definition) is 1. The molecule has 0 radical (unpaired) electrons. The second kappa shape index (κ2) is 9.31. The topological polar surface area (TPSA) is 47.9 Å². The largest absolute Gasteiger partial charge is 0.491 e. The third-order valence-corrected chi connectivity index (χ3v) is 3.04. The Morgan fingerprint density at radius 3 is 2.68 bits per heavy atom. The van der Waals surface area contributed by atoms with E-state index < -0.39 is 6.10 Å². The zero-order chi connectivity index (χ0) is 14.1. The van der Waals surface area contributed by atoms with Gasteiger partial charge in [0.05, 0.1) is 12.7 Å². The summed E-state index contributed by atoms with van der Waals surface area (Å²) in [5.74, 6) is 0.693. The number of rotatable bonds is 9. The zero-order valence-corrected chi connectivity index (χ0v) is 13.0. The Bertz CT molecular complexity index is 368. The monoisotopic (exact) mass is 332 g/mol. The van der Waals surface area contributed by atoms with Crippen LogP contribution in [0.1, 0.15) is 25.0 Å². The Morgan fingerprint density at radius 1 is 1.21 bits per heavy atom. The first-order chi connectivity index (χ1) is 9.15. The molecule has 0 bridgehead atoms. The van der Waals surface area contributed by atoms with E-state index in [1.807, 2.05) is 18.2 Å². The van der Waals surface area contributed by atoms with E-state index in [4.69, 9.17) is 14.2 Å². The van der Waals surface area contributed by atoms with Crippen LogP contribution in [0.25, 0.3) is 0 Å². The van der Waals surface area contributed by atoms with Gasteiger partial charge in [-0.05, 0) is 31.5 Å². The quantitative estimate of drug-likeness (QED) is 0.706. The number of hydrogen-bond acceptors (Lipinski definition) is 4. The maximum atomic E-state index is 9.68. The third kappa shape index (κ3) is 6.38. The van der Waals surface area contributed by atoms with Crippen LogP contribution in [0.4, 0.5) is 0 Å². The number of aliphatic hydroxyl groups excluding tert-OH is 1. The maximum Gasteiger partial charge on any atom is 0.125 e. The van der Waals surface area contributed by atoms with Crippen molar-refractivity contribution in [2.75, 3.05) is 33.5 Å². The molecule has 5 heteroatoms. The highest BCUT2D eigenvalue weighted by molar-refractivity contribution is 9.10. The van der Waals surface area contributed by atoms with E-state index in [-0.39, 0.29) is 0 Å². The molecule has 1 N–H and O–H groups in total. The summed E-state index contributed by atoms with van der Waals surface area (Å²) in [5, 5.41) is 9.68. The lowest BCUT2D eigenvalue weighted by atomic mass is 10.1. The molecule has 4 nitrogen and oxygen atoms in total. The summed E-state index contributed by atoms with van der Waals surface area (Å²) in [6, 6.07) is 5.59. The minimum atomic E-state index is -0.560. The van der Waals surface area contributed by atoms with Gasteiger partial charge in [0.2, 0.25) is 0 Å². The van der Waals surface area contributed by atoms with Crippen molar-refractivity contribution in [3.05, 3.63) is 28.2 Å². The molecule has 1 rings (SSSR count). The van der Waals surface area contributed by atoms with Gasteiger partial charge in [-0.1, -0.05) is 15.9 Å². The van der Waals surface area contributed by atoms with Crippen LogP contribution in [-0.4, -0.2) is 38.6 Å². The molecule has 0 heterocycles. The van der Waals surface area contributed by atoms with Gasteiger partial charge in [0.25, 0.3) is 0 Å². The standard InChI is InChI=1S/C14H21BrO4/c1-11(16)13-10-12(15)4-5-14(13)19-9-8-18-7-3-6-17-2/h4-5,10-11,16H,3,6-9H2,1-2H3/t11-/m1/s1. The number of methoxy groups -OCH3 is 1. The van der Waals surface area contributed by atoms with E-state index in [0.717, 1.165) is 16.5 Å². The highest BCUT2D eigenvalue weighted by Crippen LogP contribution is 2.28. The maximum absolute atomic E-state index is 9.68. The average Bonchev–Trinajstić information content (AvgIpc) is 2.39. The van der Waals surface area contributed by atoms with E-state index in [9.17, 15) is 5.11 Å². The molecule has 0 aliphatic rings. The van der Waals surface area contributed by atoms with Crippen LogP contribution in [0.3, 0.4) is 0 Å². The molecule has 0 aliphatic heterocycles. The van der Waals surface area contributed by atoms with E-state index in [1.165, 1.54) is 0 Å². The lowest BCUT2D eigenvalue weighted by molar-refractivity contribution is 0.0795. The van der Waals surface area contributed by atoms with E-state index in [0.29, 0.717) is 32.2 Å². The molecule has 1 aromatic carbocycles. The summed E-state index contributed by atoms with van der Waals surface area (Å²) >= 11 is 3.38. The van der Waals surface area contributed by atoms with Crippen molar-refractivity contribution in [1.29, 1.82) is 0 Å². The molecular formula is C14H21BrO4. The Kier molecular flexibility index (Phi) is 8.05. The first-order valence-electron chi connectivity index (χ1n) is 6.32. The Labute approximate surface area is 122 Å². The molecule has 0 fully saturated rings. The van der Waals surface area contributed by atoms with Crippen LogP contribution in [-0.2, 0) is 9.47 Å². The zero-order valence-electron chi connectivity index (χ0n) is 11.4. The van der Waals surface area contributed by atoms with Crippen molar-refractivity contribution in [2.24, 2.45) is 0 Å². The van der Waals surface area contributed by atoms with E-state index >= 15 is 0 Å². The lowest BCUT2D eigenvalue weighted by Gasteiger charge is -2.14. The van der Waals surface area contributed by atoms with Crippen LogP contribution in [0.2, 0.25) is 0 Å². The van der Waals surface area contributed by atoms with Crippen LogP contribution in [0.15, 0.2) is 22.7 Å². The first-order valence-corrected chi connectivity index (χ1v) is 7.11. The van der Waals surface area contributed by atoms with E-state index in [1.54, 1.807) is 14.0 Å². The number of benzene rings is 1. The fraction of sp³-hybridized carbons (Fsp3) is 0.571. The Hall–Kier alpha value is -0.620. The molecule has 0 saturated carbocycles. The predicted octanol–water partition coefficient (Wildman–Crippen LogP) is 2.93. The van der Waals surface area contributed by atoms with Gasteiger partial charge < -0.3 is 19.3 Å². The van der Waals surface area contributed by atoms with Crippen molar-refractivity contribution in [3.63, 3.8) is 0 Å². The second-order valence-corrected chi connectivity index (χ2v) is 5.08. The summed E-state index contributed by atoms with van der Waals surface area (Å²) < 4.78 is 16.9. The normalized spacial score (nSPS) is 12.4. The highest BCUT2D eigenvalue weighted by atomic mass is 79.9. The van der Waals surface area contributed by atoms with Gasteiger partial charge >= 0.3 is 0 Å². The van der Waals surface area contributed by atoms with Crippen LogP contribution in [0, 0.1) is 0 Å². The number of halogens is 1. The summed E-state index contributed by atoms with van der Waals surface area (Å²) in [4.78, 5) is 0. The Balaban J connectivity index is 2.33. The smallest absolute Gasteiger partial charge is 0.125 e. The van der Waals surface area contributed by atoms with Crippen molar-refractivity contribution >= 4 is 15.9 Å². The molecule has 0 aliphatic carbocycles. The predicted molar refractivity (Wildman–Crippen MR) is 77.6 cm³/mol. The third-order valence-electron chi connectivity index (χ3n) is 2.54. The average molecular weight is 333 g/mol. The van der Waals surface area contributed by atoms with Crippen LogP contribution >= 0.6 is 15.9 Å². The van der Waals surface area contributed by atoms with Gasteiger partial charge in [0.15, 0.2) is 0 Å². The minimum absolute atomic E-state index is 0.467. The summed E-state index contributed by atoms with van der Waals surface area (Å²) in [5.41, 5.74) is 0.772. The van der Waals surface area contributed by atoms with Gasteiger partial charge in [-0.15, -0.1) is 0 Å². The molecule has 19 heavy (non-hydrogen) atoms. The van der Waals surface area contributed by atoms with Crippen molar-refractivity contribution in [2.45, 2.75) is 19.4 Å². The molecular weight excluding hydrogens is 312 g/mol. The molecule has 1 atom stereocenters. The molecule has 0 unspecified atom stereocenters. The van der Waals surface area contributed by atoms with Crippen LogP contribution < -0.4 is 4.74 Å². The SMILES string of the molecule is COCCCOCCOc1ccc(Br)cc1[C@@H](C)O. The summed E-state index contributed by atoms with van der Waals surface area (Å²) in [7, 11) is 1.67. The molecule has 0 spiro atoms. The Morgan fingerprint density at radius 2 is 2.00 bits per heavy atom. The number of aliphatic hydroxyl groups is 1. The highest BCUT2D eigenvalue weighted by Gasteiger charge is 2.09. The lowest BCUT2D eigenvalue weighted by Crippen LogP contribution is -2.10. The van der Waals surface area contributed by atoms with Crippen molar-refractivity contribution in [3.8, 4) is 5.75 Å². The molecule has 0 amide bonds.